The molecule has 0 spiro atoms. The number of hydrogen-bond donors (Lipinski definition) is 0. The lowest BCUT2D eigenvalue weighted by Gasteiger charge is -2.14. The summed E-state index contributed by atoms with van der Waals surface area (Å²) in [6.45, 7) is 3.67. The van der Waals surface area contributed by atoms with Gasteiger partial charge in [-0.25, -0.2) is 13.4 Å². The summed E-state index contributed by atoms with van der Waals surface area (Å²) < 4.78 is 22.1. The van der Waals surface area contributed by atoms with Crippen molar-refractivity contribution in [3.63, 3.8) is 0 Å². The van der Waals surface area contributed by atoms with Crippen molar-refractivity contribution in [2.24, 2.45) is 5.92 Å². The summed E-state index contributed by atoms with van der Waals surface area (Å²) in [5.74, 6) is 0.555. The molecule has 1 unspecified atom stereocenters. The molecule has 1 fully saturated rings. The Kier molecular flexibility index (Phi) is 3.73. The molecule has 1 atom stereocenters. The van der Waals surface area contributed by atoms with Crippen LogP contribution in [0.5, 0.6) is 0 Å². The third kappa shape index (κ3) is 3.60. The van der Waals surface area contributed by atoms with Gasteiger partial charge in [0.1, 0.15) is 11.6 Å². The van der Waals surface area contributed by atoms with Gasteiger partial charge in [-0.2, -0.15) is 9.97 Å². The second kappa shape index (κ2) is 5.01. The van der Waals surface area contributed by atoms with Crippen molar-refractivity contribution in [1.29, 1.82) is 0 Å². The quantitative estimate of drug-likeness (QED) is 0.751. The van der Waals surface area contributed by atoms with E-state index >= 15 is 0 Å². The third-order valence-electron chi connectivity index (χ3n) is 2.73. The van der Waals surface area contributed by atoms with E-state index < -0.39 is 9.05 Å². The number of carbonyl (C=O) groups is 1. The molecule has 0 radical (unpaired) electrons. The van der Waals surface area contributed by atoms with Crippen LogP contribution in [0.2, 0.25) is 0 Å². The van der Waals surface area contributed by atoms with E-state index in [2.05, 4.69) is 15.0 Å². The van der Waals surface area contributed by atoms with E-state index in [0.717, 1.165) is 0 Å². The topological polar surface area (TPSA) is 93.1 Å². The Morgan fingerprint density at radius 1 is 1.26 bits per heavy atom. The van der Waals surface area contributed by atoms with Crippen molar-refractivity contribution < 1.29 is 13.2 Å². The maximum absolute atomic E-state index is 11.9. The molecule has 1 aliphatic heterocycles. The molecule has 0 aromatic carbocycles. The van der Waals surface area contributed by atoms with Crippen LogP contribution < -0.4 is 4.90 Å². The van der Waals surface area contributed by atoms with Crippen LogP contribution in [-0.2, 0) is 13.8 Å². The third-order valence-corrected chi connectivity index (χ3v) is 3.98. The fourth-order valence-electron chi connectivity index (χ4n) is 2.09. The summed E-state index contributed by atoms with van der Waals surface area (Å²) in [4.78, 5) is 25.5. The van der Waals surface area contributed by atoms with E-state index in [1.165, 1.54) is 4.90 Å². The van der Waals surface area contributed by atoms with Crippen LogP contribution in [0.4, 0.5) is 5.95 Å². The van der Waals surface area contributed by atoms with Crippen LogP contribution in [0.15, 0.2) is 0 Å². The lowest BCUT2D eigenvalue weighted by molar-refractivity contribution is -0.117. The number of rotatable bonds is 3. The number of carbonyl (C=O) groups excluding carboxylic acids is 1. The first-order valence-corrected chi connectivity index (χ1v) is 8.14. The maximum atomic E-state index is 11.9. The van der Waals surface area contributed by atoms with Crippen LogP contribution >= 0.6 is 10.7 Å². The van der Waals surface area contributed by atoms with Gasteiger partial charge in [-0.3, -0.25) is 9.69 Å². The Bertz CT molecular complexity index is 599. The second-order valence-electron chi connectivity index (χ2n) is 4.51. The normalized spacial score (nSPS) is 20.1. The van der Waals surface area contributed by atoms with Gasteiger partial charge in [-0.05, 0) is 13.8 Å². The van der Waals surface area contributed by atoms with Gasteiger partial charge in [0.05, 0.1) is 5.75 Å². The van der Waals surface area contributed by atoms with Gasteiger partial charge >= 0.3 is 0 Å². The number of hydrogen-bond acceptors (Lipinski definition) is 6. The Balaban J connectivity index is 2.20. The summed E-state index contributed by atoms with van der Waals surface area (Å²) in [5, 5.41) is 0. The summed E-state index contributed by atoms with van der Waals surface area (Å²) >= 11 is 0. The average molecular weight is 305 g/mol. The van der Waals surface area contributed by atoms with Crippen LogP contribution in [0.1, 0.15) is 18.1 Å². The molecule has 104 valence electrons. The van der Waals surface area contributed by atoms with Crippen LogP contribution in [0.25, 0.3) is 0 Å². The summed E-state index contributed by atoms with van der Waals surface area (Å²) in [5.41, 5.74) is 0. The van der Waals surface area contributed by atoms with Gasteiger partial charge in [-0.1, -0.05) is 0 Å². The number of aryl methyl sites for hydroxylation is 2. The van der Waals surface area contributed by atoms with E-state index in [0.29, 0.717) is 11.6 Å². The van der Waals surface area contributed by atoms with Gasteiger partial charge in [0.15, 0.2) is 0 Å². The molecule has 1 aliphatic rings. The standard InChI is InChI=1S/C10H13ClN4O3S/c1-6-12-7(2)14-10(13-6)15-4-8(3-9(15)16)5-19(11,17)18/h8H,3-5H2,1-2H3. The fraction of sp³-hybridized carbons (Fsp3) is 0.600. The highest BCUT2D eigenvalue weighted by atomic mass is 35.7. The van der Waals surface area contributed by atoms with Crippen LogP contribution in [0.3, 0.4) is 0 Å². The zero-order valence-electron chi connectivity index (χ0n) is 10.5. The van der Waals surface area contributed by atoms with Gasteiger partial charge in [-0.15, -0.1) is 0 Å². The molecule has 19 heavy (non-hydrogen) atoms. The number of amides is 1. The van der Waals surface area contributed by atoms with E-state index in [-0.39, 0.29) is 36.5 Å². The maximum Gasteiger partial charge on any atom is 0.235 e. The van der Waals surface area contributed by atoms with Crippen molar-refractivity contribution in [3.8, 4) is 0 Å². The van der Waals surface area contributed by atoms with Gasteiger partial charge in [0.2, 0.25) is 20.9 Å². The lowest BCUT2D eigenvalue weighted by Crippen LogP contribution is -2.28. The second-order valence-corrected chi connectivity index (χ2v) is 7.33. The molecule has 0 N–H and O–H groups in total. The molecule has 9 heteroatoms. The van der Waals surface area contributed by atoms with E-state index in [1.54, 1.807) is 13.8 Å². The van der Waals surface area contributed by atoms with E-state index in [9.17, 15) is 13.2 Å². The highest BCUT2D eigenvalue weighted by molar-refractivity contribution is 8.13. The molecule has 1 aromatic rings. The molecule has 1 aromatic heterocycles. The molecule has 1 amide bonds. The first-order chi connectivity index (χ1) is 8.74. The number of halogens is 1. The van der Waals surface area contributed by atoms with Crippen LogP contribution in [-0.4, -0.2) is 41.6 Å². The van der Waals surface area contributed by atoms with E-state index in [4.69, 9.17) is 10.7 Å². The van der Waals surface area contributed by atoms with Crippen molar-refractivity contribution >= 4 is 31.6 Å². The monoisotopic (exact) mass is 304 g/mol. The number of anilines is 1. The molecular formula is C10H13ClN4O3S. The Morgan fingerprint density at radius 3 is 2.37 bits per heavy atom. The van der Waals surface area contributed by atoms with Gasteiger partial charge in [0, 0.05) is 29.6 Å². The Hall–Kier alpha value is -1.28. The highest BCUT2D eigenvalue weighted by Gasteiger charge is 2.34. The summed E-state index contributed by atoms with van der Waals surface area (Å²) in [7, 11) is 1.59. The molecular weight excluding hydrogens is 292 g/mol. The molecule has 2 heterocycles. The minimum Gasteiger partial charge on any atom is -0.280 e. The molecule has 0 aliphatic carbocycles. The summed E-state index contributed by atoms with van der Waals surface area (Å²) in [6, 6.07) is 0. The molecule has 7 nitrogen and oxygen atoms in total. The first kappa shape index (κ1) is 14.1. The fourth-order valence-corrected chi connectivity index (χ4v) is 3.41. The molecule has 1 saturated heterocycles. The zero-order valence-corrected chi connectivity index (χ0v) is 12.1. The van der Waals surface area contributed by atoms with Crippen molar-refractivity contribution in [2.75, 3.05) is 17.2 Å². The van der Waals surface area contributed by atoms with Crippen molar-refractivity contribution in [3.05, 3.63) is 11.6 Å². The highest BCUT2D eigenvalue weighted by Crippen LogP contribution is 2.24. The van der Waals surface area contributed by atoms with E-state index in [1.807, 2.05) is 0 Å². The first-order valence-electron chi connectivity index (χ1n) is 5.66. The Morgan fingerprint density at radius 2 is 1.84 bits per heavy atom. The minimum absolute atomic E-state index is 0.135. The minimum atomic E-state index is -3.61. The van der Waals surface area contributed by atoms with Crippen molar-refractivity contribution in [1.82, 2.24) is 15.0 Å². The number of nitrogens with zero attached hydrogens (tertiary/aromatic N) is 4. The predicted molar refractivity (Wildman–Crippen MR) is 69.4 cm³/mol. The Labute approximate surface area is 115 Å². The zero-order chi connectivity index (χ0) is 14.2. The molecule has 2 rings (SSSR count). The molecule has 0 saturated carbocycles. The predicted octanol–water partition coefficient (Wildman–Crippen LogP) is 0.410. The SMILES string of the molecule is Cc1nc(C)nc(N2CC(CS(=O)(=O)Cl)CC2=O)n1. The number of aromatic nitrogens is 3. The summed E-state index contributed by atoms with van der Waals surface area (Å²) in [6.07, 6.45) is 0.135. The van der Waals surface area contributed by atoms with Crippen molar-refractivity contribution in [2.45, 2.75) is 20.3 Å². The largest absolute Gasteiger partial charge is 0.280 e. The van der Waals surface area contributed by atoms with Gasteiger partial charge in [0.25, 0.3) is 0 Å². The average Bonchev–Trinajstić information content (AvgIpc) is 2.54. The van der Waals surface area contributed by atoms with Gasteiger partial charge < -0.3 is 0 Å². The molecule has 0 bridgehead atoms. The lowest BCUT2D eigenvalue weighted by atomic mass is 10.1. The van der Waals surface area contributed by atoms with Crippen LogP contribution in [0, 0.1) is 19.8 Å². The smallest absolute Gasteiger partial charge is 0.235 e.